The molecule has 3 rings (SSSR count). The zero-order valence-electron chi connectivity index (χ0n) is 11.9. The fourth-order valence-electron chi connectivity index (χ4n) is 2.18. The molecule has 0 aliphatic rings. The fourth-order valence-corrected chi connectivity index (χ4v) is 2.18. The Bertz CT molecular complexity index is 861. The van der Waals surface area contributed by atoms with Gasteiger partial charge in [-0.05, 0) is 30.7 Å². The molecular weight excluding hydrogens is 313 g/mol. The van der Waals surface area contributed by atoms with E-state index in [4.69, 9.17) is 0 Å². The molecule has 120 valence electrons. The van der Waals surface area contributed by atoms with E-state index in [1.165, 1.54) is 10.8 Å². The van der Waals surface area contributed by atoms with Crippen molar-refractivity contribution in [1.82, 2.24) is 19.8 Å². The molecule has 0 bridgehead atoms. The maximum atomic E-state index is 12.4. The normalized spacial score (nSPS) is 11.8. The number of rotatable bonds is 3. The number of benzene rings is 1. The van der Waals surface area contributed by atoms with Gasteiger partial charge >= 0.3 is 6.36 Å². The van der Waals surface area contributed by atoms with E-state index in [1.54, 1.807) is 6.07 Å². The Labute approximate surface area is 128 Å². The van der Waals surface area contributed by atoms with E-state index in [0.29, 0.717) is 23.3 Å². The fraction of sp³-hybridized carbons (Fsp3) is 0.214. The summed E-state index contributed by atoms with van der Waals surface area (Å²) in [6.45, 7) is 1.88. The molecule has 1 aromatic carbocycles. The summed E-state index contributed by atoms with van der Waals surface area (Å²) < 4.78 is 42.4. The van der Waals surface area contributed by atoms with Gasteiger partial charge in [0.05, 0.1) is 5.69 Å². The lowest BCUT2D eigenvalue weighted by molar-refractivity contribution is -0.274. The largest absolute Gasteiger partial charge is 0.573 e. The Morgan fingerprint density at radius 3 is 2.70 bits per heavy atom. The van der Waals surface area contributed by atoms with Crippen molar-refractivity contribution in [3.8, 4) is 22.6 Å². The number of nitrogens with zero attached hydrogens (tertiary/aromatic N) is 4. The van der Waals surface area contributed by atoms with Crippen molar-refractivity contribution < 1.29 is 23.0 Å². The molecule has 2 aromatic heterocycles. The van der Waals surface area contributed by atoms with Crippen LogP contribution < -0.4 is 4.74 Å². The number of aromatic hydroxyl groups is 1. The smallest absolute Gasteiger partial charge is 0.507 e. The second-order valence-electron chi connectivity index (χ2n) is 4.73. The van der Waals surface area contributed by atoms with Crippen LogP contribution in [0.1, 0.15) is 12.6 Å². The van der Waals surface area contributed by atoms with E-state index >= 15 is 0 Å². The van der Waals surface area contributed by atoms with Gasteiger partial charge < -0.3 is 9.84 Å². The molecule has 0 saturated carbocycles. The highest BCUT2D eigenvalue weighted by atomic mass is 19.4. The van der Waals surface area contributed by atoms with Gasteiger partial charge in [-0.3, -0.25) is 0 Å². The minimum atomic E-state index is -4.81. The average Bonchev–Trinajstić information content (AvgIpc) is 2.95. The number of hydrogen-bond donors (Lipinski definition) is 1. The van der Waals surface area contributed by atoms with Gasteiger partial charge in [0.15, 0.2) is 5.65 Å². The van der Waals surface area contributed by atoms with E-state index in [0.717, 1.165) is 18.2 Å². The maximum Gasteiger partial charge on any atom is 0.573 e. The van der Waals surface area contributed by atoms with Crippen molar-refractivity contribution in [2.75, 3.05) is 0 Å². The first-order valence-electron chi connectivity index (χ1n) is 6.66. The number of hydrogen-bond acceptors (Lipinski definition) is 5. The molecular formula is C14H11F3N4O2. The molecule has 0 aliphatic heterocycles. The second kappa shape index (κ2) is 5.41. The number of ether oxygens (including phenoxy) is 1. The van der Waals surface area contributed by atoms with Crippen molar-refractivity contribution in [1.29, 1.82) is 0 Å². The van der Waals surface area contributed by atoms with Gasteiger partial charge in [0.2, 0.25) is 0 Å². The zero-order valence-corrected chi connectivity index (χ0v) is 11.9. The molecule has 0 amide bonds. The Kier molecular flexibility index (Phi) is 3.55. The second-order valence-corrected chi connectivity index (χ2v) is 4.73. The Balaban J connectivity index is 2.18. The summed E-state index contributed by atoms with van der Waals surface area (Å²) in [6, 6.07) is 4.92. The third-order valence-electron chi connectivity index (χ3n) is 3.17. The van der Waals surface area contributed by atoms with Crippen molar-refractivity contribution >= 4 is 5.65 Å². The van der Waals surface area contributed by atoms with Crippen LogP contribution in [0.4, 0.5) is 13.2 Å². The van der Waals surface area contributed by atoms with Crippen LogP contribution >= 0.6 is 0 Å². The highest BCUT2D eigenvalue weighted by molar-refractivity contribution is 5.81. The van der Waals surface area contributed by atoms with E-state index in [9.17, 15) is 18.3 Å². The van der Waals surface area contributed by atoms with Gasteiger partial charge in [-0.2, -0.15) is 9.61 Å². The van der Waals surface area contributed by atoms with Crippen LogP contribution in [-0.4, -0.2) is 31.3 Å². The van der Waals surface area contributed by atoms with Crippen LogP contribution in [0.25, 0.3) is 16.8 Å². The standard InChI is InChI=1S/C14H11F3N4O2/c1-2-8-5-11(13-19-18-7-21(13)20-8)10-6-9(3-4-12(10)22)23-14(15,16)17/h3-7,22H,2H2,1H3. The predicted molar refractivity (Wildman–Crippen MR) is 73.9 cm³/mol. The lowest BCUT2D eigenvalue weighted by atomic mass is 10.0. The zero-order chi connectivity index (χ0) is 16.6. The SMILES string of the molecule is CCc1cc(-c2cc(OC(F)(F)F)ccc2O)c2nncn2n1. The van der Waals surface area contributed by atoms with Crippen molar-refractivity contribution in [2.24, 2.45) is 0 Å². The summed E-state index contributed by atoms with van der Waals surface area (Å²) in [7, 11) is 0. The third-order valence-corrected chi connectivity index (χ3v) is 3.17. The summed E-state index contributed by atoms with van der Waals surface area (Å²) in [5, 5.41) is 21.9. The molecule has 2 heterocycles. The summed E-state index contributed by atoms with van der Waals surface area (Å²) in [4.78, 5) is 0. The lowest BCUT2D eigenvalue weighted by Gasteiger charge is -2.12. The topological polar surface area (TPSA) is 72.5 Å². The van der Waals surface area contributed by atoms with Crippen molar-refractivity contribution in [3.63, 3.8) is 0 Å². The summed E-state index contributed by atoms with van der Waals surface area (Å²) in [5.74, 6) is -0.629. The van der Waals surface area contributed by atoms with Gasteiger partial charge in [-0.15, -0.1) is 23.4 Å². The molecule has 23 heavy (non-hydrogen) atoms. The van der Waals surface area contributed by atoms with Gasteiger partial charge in [-0.25, -0.2) is 0 Å². The molecule has 0 atom stereocenters. The molecule has 0 spiro atoms. The van der Waals surface area contributed by atoms with Crippen LogP contribution in [0.15, 0.2) is 30.6 Å². The number of alkyl halides is 3. The van der Waals surface area contributed by atoms with Crippen LogP contribution in [0.5, 0.6) is 11.5 Å². The number of aryl methyl sites for hydroxylation is 1. The maximum absolute atomic E-state index is 12.4. The minimum Gasteiger partial charge on any atom is -0.507 e. The molecule has 0 fully saturated rings. The Morgan fingerprint density at radius 1 is 1.22 bits per heavy atom. The van der Waals surface area contributed by atoms with E-state index < -0.39 is 12.1 Å². The van der Waals surface area contributed by atoms with E-state index in [2.05, 4.69) is 20.0 Å². The molecule has 0 unspecified atom stereocenters. The minimum absolute atomic E-state index is 0.154. The first kappa shape index (κ1) is 15.1. The van der Waals surface area contributed by atoms with Gasteiger partial charge in [-0.1, -0.05) is 6.92 Å². The first-order valence-corrected chi connectivity index (χ1v) is 6.66. The molecule has 6 nitrogen and oxygen atoms in total. The molecule has 0 aliphatic carbocycles. The quantitative estimate of drug-likeness (QED) is 0.802. The van der Waals surface area contributed by atoms with Crippen molar-refractivity contribution in [3.05, 3.63) is 36.3 Å². The Morgan fingerprint density at radius 2 is 2.00 bits per heavy atom. The number of halogens is 3. The molecule has 3 aromatic rings. The molecule has 1 N–H and O–H groups in total. The van der Waals surface area contributed by atoms with Gasteiger partial charge in [0.1, 0.15) is 17.8 Å². The summed E-state index contributed by atoms with van der Waals surface area (Å²) >= 11 is 0. The molecule has 0 saturated heterocycles. The van der Waals surface area contributed by atoms with Crippen molar-refractivity contribution in [2.45, 2.75) is 19.7 Å². The molecule has 0 radical (unpaired) electrons. The number of phenolic OH excluding ortho intramolecular Hbond substituents is 1. The molecule has 9 heteroatoms. The highest BCUT2D eigenvalue weighted by Gasteiger charge is 2.31. The predicted octanol–water partition coefficient (Wildman–Crippen LogP) is 2.96. The van der Waals surface area contributed by atoms with E-state index in [1.807, 2.05) is 6.92 Å². The third kappa shape index (κ3) is 3.03. The number of phenols is 1. The average molecular weight is 324 g/mol. The summed E-state index contributed by atoms with van der Waals surface area (Å²) in [6.07, 6.45) is -2.84. The van der Waals surface area contributed by atoms with E-state index in [-0.39, 0.29) is 11.3 Å². The highest BCUT2D eigenvalue weighted by Crippen LogP contribution is 2.36. The number of aromatic nitrogens is 4. The Hall–Kier alpha value is -2.84. The summed E-state index contributed by atoms with van der Waals surface area (Å²) in [5.41, 5.74) is 1.57. The van der Waals surface area contributed by atoms with Crippen LogP contribution in [0.3, 0.4) is 0 Å². The monoisotopic (exact) mass is 324 g/mol. The van der Waals surface area contributed by atoms with Gasteiger partial charge in [0, 0.05) is 11.1 Å². The van der Waals surface area contributed by atoms with Crippen LogP contribution in [0, 0.1) is 0 Å². The van der Waals surface area contributed by atoms with Gasteiger partial charge in [0.25, 0.3) is 0 Å². The number of fused-ring (bicyclic) bond motifs is 1. The van der Waals surface area contributed by atoms with Crippen LogP contribution in [0.2, 0.25) is 0 Å². The lowest BCUT2D eigenvalue weighted by Crippen LogP contribution is -2.17. The first-order chi connectivity index (χ1) is 10.9. The van der Waals surface area contributed by atoms with Crippen LogP contribution in [-0.2, 0) is 6.42 Å².